The normalized spacial score (nSPS) is 16.4. The highest BCUT2D eigenvalue weighted by molar-refractivity contribution is 9.10. The molecule has 114 valence electrons. The van der Waals surface area contributed by atoms with Gasteiger partial charge in [0.05, 0.1) is 18.8 Å². The zero-order valence-corrected chi connectivity index (χ0v) is 13.2. The number of ether oxygens (including phenoxy) is 1. The Labute approximate surface area is 130 Å². The van der Waals surface area contributed by atoms with Crippen LogP contribution in [0, 0.1) is 5.82 Å². The van der Waals surface area contributed by atoms with Gasteiger partial charge in [0.2, 0.25) is 5.91 Å². The second-order valence-corrected chi connectivity index (χ2v) is 5.61. The molecule has 1 aliphatic heterocycles. The molecule has 0 aliphatic carbocycles. The first-order valence-corrected chi connectivity index (χ1v) is 7.41. The molecule has 0 aromatic heterocycles. The van der Waals surface area contributed by atoms with Gasteiger partial charge < -0.3 is 15.0 Å². The minimum Gasteiger partial charge on any atom is -0.378 e. The SMILES string of the molecule is C[C@@H](NC(=O)c1cc(F)ccc1Br)C(=O)N1CCOCC1. The number of carbonyl (C=O) groups is 2. The molecule has 0 bridgehead atoms. The zero-order chi connectivity index (χ0) is 15.4. The van der Waals surface area contributed by atoms with Crippen molar-refractivity contribution in [3.8, 4) is 0 Å². The third-order valence-electron chi connectivity index (χ3n) is 3.21. The van der Waals surface area contributed by atoms with Crippen molar-refractivity contribution in [2.24, 2.45) is 0 Å². The highest BCUT2D eigenvalue weighted by Crippen LogP contribution is 2.18. The van der Waals surface area contributed by atoms with Crippen LogP contribution in [0.1, 0.15) is 17.3 Å². The number of hydrogen-bond acceptors (Lipinski definition) is 3. The van der Waals surface area contributed by atoms with E-state index in [-0.39, 0.29) is 11.5 Å². The van der Waals surface area contributed by atoms with Crippen molar-refractivity contribution in [2.75, 3.05) is 26.3 Å². The monoisotopic (exact) mass is 358 g/mol. The molecule has 0 unspecified atom stereocenters. The average Bonchev–Trinajstić information content (AvgIpc) is 2.49. The lowest BCUT2D eigenvalue weighted by Gasteiger charge is -2.29. The van der Waals surface area contributed by atoms with Crippen molar-refractivity contribution in [1.29, 1.82) is 0 Å². The molecule has 1 aromatic carbocycles. The van der Waals surface area contributed by atoms with Gasteiger partial charge in [-0.3, -0.25) is 9.59 Å². The van der Waals surface area contributed by atoms with E-state index in [9.17, 15) is 14.0 Å². The lowest BCUT2D eigenvalue weighted by atomic mass is 10.2. The Morgan fingerprint density at radius 2 is 2.05 bits per heavy atom. The van der Waals surface area contributed by atoms with Gasteiger partial charge in [-0.1, -0.05) is 0 Å². The number of rotatable bonds is 3. The molecule has 2 rings (SSSR count). The predicted octanol–water partition coefficient (Wildman–Crippen LogP) is 1.57. The molecular formula is C14H16BrFN2O3. The van der Waals surface area contributed by atoms with Gasteiger partial charge in [0.15, 0.2) is 0 Å². The van der Waals surface area contributed by atoms with E-state index in [4.69, 9.17) is 4.74 Å². The zero-order valence-electron chi connectivity index (χ0n) is 11.6. The lowest BCUT2D eigenvalue weighted by Crippen LogP contribution is -2.50. The first-order chi connectivity index (χ1) is 9.99. The van der Waals surface area contributed by atoms with Gasteiger partial charge >= 0.3 is 0 Å². The standard InChI is InChI=1S/C14H16BrFN2O3/c1-9(14(20)18-4-6-21-7-5-18)17-13(19)11-8-10(16)2-3-12(11)15/h2-3,8-9H,4-7H2,1H3,(H,17,19)/t9-/m1/s1. The number of halogens is 2. The summed E-state index contributed by atoms with van der Waals surface area (Å²) in [6.45, 7) is 3.65. The molecular weight excluding hydrogens is 343 g/mol. The Bertz CT molecular complexity index is 547. The first-order valence-electron chi connectivity index (χ1n) is 6.61. The largest absolute Gasteiger partial charge is 0.378 e. The molecule has 0 radical (unpaired) electrons. The summed E-state index contributed by atoms with van der Waals surface area (Å²) in [4.78, 5) is 25.9. The van der Waals surface area contributed by atoms with E-state index in [2.05, 4.69) is 21.2 Å². The summed E-state index contributed by atoms with van der Waals surface area (Å²) in [7, 11) is 0. The second kappa shape index (κ2) is 7.00. The van der Waals surface area contributed by atoms with Gasteiger partial charge in [-0.25, -0.2) is 4.39 Å². The molecule has 1 N–H and O–H groups in total. The first kappa shape index (κ1) is 15.9. The quantitative estimate of drug-likeness (QED) is 0.891. The maximum Gasteiger partial charge on any atom is 0.253 e. The summed E-state index contributed by atoms with van der Waals surface area (Å²) < 4.78 is 18.9. The van der Waals surface area contributed by atoms with Gasteiger partial charge in [-0.2, -0.15) is 0 Å². The van der Waals surface area contributed by atoms with Crippen LogP contribution in [0.5, 0.6) is 0 Å². The van der Waals surface area contributed by atoms with Gasteiger partial charge in [0.25, 0.3) is 5.91 Å². The average molecular weight is 359 g/mol. The lowest BCUT2D eigenvalue weighted by molar-refractivity contribution is -0.136. The number of amides is 2. The van der Waals surface area contributed by atoms with E-state index in [1.54, 1.807) is 11.8 Å². The summed E-state index contributed by atoms with van der Waals surface area (Å²) in [6, 6.07) is 3.17. The van der Waals surface area contributed by atoms with Gasteiger partial charge in [-0.15, -0.1) is 0 Å². The second-order valence-electron chi connectivity index (χ2n) is 4.76. The van der Waals surface area contributed by atoms with Crippen LogP contribution in [0.15, 0.2) is 22.7 Å². The Kier molecular flexibility index (Phi) is 5.30. The Balaban J connectivity index is 2.01. The number of nitrogens with one attached hydrogen (secondary N) is 1. The summed E-state index contributed by atoms with van der Waals surface area (Å²) in [5.41, 5.74) is 0.164. The Morgan fingerprint density at radius 1 is 1.38 bits per heavy atom. The fourth-order valence-electron chi connectivity index (χ4n) is 2.07. The summed E-state index contributed by atoms with van der Waals surface area (Å²) in [6.07, 6.45) is 0. The maximum absolute atomic E-state index is 13.2. The number of morpholine rings is 1. The molecule has 1 heterocycles. The maximum atomic E-state index is 13.2. The van der Waals surface area contributed by atoms with E-state index < -0.39 is 17.8 Å². The van der Waals surface area contributed by atoms with Gasteiger partial charge in [0.1, 0.15) is 11.9 Å². The Morgan fingerprint density at radius 3 is 2.71 bits per heavy atom. The van der Waals surface area contributed by atoms with Crippen LogP contribution in [-0.4, -0.2) is 49.1 Å². The van der Waals surface area contributed by atoms with Crippen LogP contribution < -0.4 is 5.32 Å². The Hall–Kier alpha value is -1.47. The molecule has 2 amide bonds. The molecule has 1 saturated heterocycles. The van der Waals surface area contributed by atoms with Crippen LogP contribution in [-0.2, 0) is 9.53 Å². The van der Waals surface area contributed by atoms with Crippen molar-refractivity contribution in [2.45, 2.75) is 13.0 Å². The number of carbonyl (C=O) groups excluding carboxylic acids is 2. The highest BCUT2D eigenvalue weighted by Gasteiger charge is 2.24. The summed E-state index contributed by atoms with van der Waals surface area (Å²) in [5, 5.41) is 2.59. The van der Waals surface area contributed by atoms with E-state index in [1.807, 2.05) is 0 Å². The van der Waals surface area contributed by atoms with Crippen LogP contribution in [0.25, 0.3) is 0 Å². The highest BCUT2D eigenvalue weighted by atomic mass is 79.9. The fourth-order valence-corrected chi connectivity index (χ4v) is 2.49. The molecule has 1 aliphatic rings. The van der Waals surface area contributed by atoms with E-state index in [0.29, 0.717) is 30.8 Å². The molecule has 1 aromatic rings. The van der Waals surface area contributed by atoms with Crippen molar-refractivity contribution in [1.82, 2.24) is 10.2 Å². The van der Waals surface area contributed by atoms with Crippen molar-refractivity contribution < 1.29 is 18.7 Å². The van der Waals surface area contributed by atoms with E-state index in [0.717, 1.165) is 6.07 Å². The topological polar surface area (TPSA) is 58.6 Å². The molecule has 0 saturated carbocycles. The third-order valence-corrected chi connectivity index (χ3v) is 3.91. The number of nitrogens with zero attached hydrogens (tertiary/aromatic N) is 1. The fraction of sp³-hybridized carbons (Fsp3) is 0.429. The van der Waals surface area contributed by atoms with Crippen molar-refractivity contribution in [3.63, 3.8) is 0 Å². The molecule has 7 heteroatoms. The number of hydrogen-bond donors (Lipinski definition) is 1. The van der Waals surface area contributed by atoms with Crippen LogP contribution in [0.2, 0.25) is 0 Å². The summed E-state index contributed by atoms with van der Waals surface area (Å²) in [5.74, 6) is -1.16. The molecule has 1 fully saturated rings. The molecule has 1 atom stereocenters. The van der Waals surface area contributed by atoms with Gasteiger partial charge in [-0.05, 0) is 41.1 Å². The summed E-state index contributed by atoms with van der Waals surface area (Å²) >= 11 is 3.20. The van der Waals surface area contributed by atoms with Crippen molar-refractivity contribution in [3.05, 3.63) is 34.1 Å². The van der Waals surface area contributed by atoms with Crippen LogP contribution in [0.4, 0.5) is 4.39 Å². The molecule has 21 heavy (non-hydrogen) atoms. The minimum absolute atomic E-state index is 0.164. The third kappa shape index (κ3) is 4.01. The molecule has 0 spiro atoms. The molecule has 5 nitrogen and oxygen atoms in total. The smallest absolute Gasteiger partial charge is 0.253 e. The van der Waals surface area contributed by atoms with Crippen LogP contribution >= 0.6 is 15.9 Å². The predicted molar refractivity (Wildman–Crippen MR) is 78.4 cm³/mol. The van der Waals surface area contributed by atoms with E-state index >= 15 is 0 Å². The van der Waals surface area contributed by atoms with Crippen LogP contribution in [0.3, 0.4) is 0 Å². The van der Waals surface area contributed by atoms with Gasteiger partial charge in [0, 0.05) is 17.6 Å². The number of benzene rings is 1. The minimum atomic E-state index is -0.675. The van der Waals surface area contributed by atoms with E-state index in [1.165, 1.54) is 12.1 Å². The van der Waals surface area contributed by atoms with Crippen molar-refractivity contribution >= 4 is 27.7 Å².